The number of aliphatic hydroxyl groups excluding tert-OH is 1. The molecule has 0 saturated carbocycles. The number of anilines is 1. The van der Waals surface area contributed by atoms with Gasteiger partial charge in [0.1, 0.15) is 17.3 Å². The van der Waals surface area contributed by atoms with E-state index in [0.717, 1.165) is 11.1 Å². The molecule has 1 fully saturated rings. The van der Waals surface area contributed by atoms with E-state index in [4.69, 9.17) is 21.1 Å². The number of hydrogen-bond donors (Lipinski definition) is 1. The van der Waals surface area contributed by atoms with E-state index >= 15 is 0 Å². The Bertz CT molecular complexity index is 1430. The van der Waals surface area contributed by atoms with Crippen LogP contribution in [0.5, 0.6) is 11.5 Å². The van der Waals surface area contributed by atoms with Gasteiger partial charge in [-0.1, -0.05) is 29.8 Å². The minimum Gasteiger partial charge on any atom is -0.507 e. The number of esters is 1. The maximum absolute atomic E-state index is 13.4. The SMILES string of the molecule is CCOc1cc(/C(O)=C2\C(=O)C(=O)N(c3ccc(C)c(C)c3)C2c2ccc(OC(C)=O)cc2)ccc1Cl. The minimum absolute atomic E-state index is 0.0757. The number of ketones is 1. The number of hydrogen-bond acceptors (Lipinski definition) is 6. The van der Waals surface area contributed by atoms with Crippen molar-refractivity contribution in [1.29, 1.82) is 0 Å². The van der Waals surface area contributed by atoms with Crippen LogP contribution < -0.4 is 14.4 Å². The van der Waals surface area contributed by atoms with Gasteiger partial charge in [-0.2, -0.15) is 0 Å². The number of carbonyl (C=O) groups is 3. The van der Waals surface area contributed by atoms with Crippen LogP contribution in [-0.4, -0.2) is 29.4 Å². The van der Waals surface area contributed by atoms with Crippen LogP contribution in [0.15, 0.2) is 66.2 Å². The summed E-state index contributed by atoms with van der Waals surface area (Å²) in [6.07, 6.45) is 0. The van der Waals surface area contributed by atoms with E-state index in [0.29, 0.717) is 34.4 Å². The van der Waals surface area contributed by atoms with E-state index < -0.39 is 23.7 Å². The number of rotatable bonds is 6. The van der Waals surface area contributed by atoms with Gasteiger partial charge in [0.25, 0.3) is 11.7 Å². The average Bonchev–Trinajstić information content (AvgIpc) is 3.12. The summed E-state index contributed by atoms with van der Waals surface area (Å²) in [5, 5.41) is 11.7. The fourth-order valence-corrected chi connectivity index (χ4v) is 4.42. The molecule has 1 aliphatic heterocycles. The Labute approximate surface area is 219 Å². The van der Waals surface area contributed by atoms with Crippen LogP contribution in [0.3, 0.4) is 0 Å². The van der Waals surface area contributed by atoms with Crippen molar-refractivity contribution >= 4 is 40.7 Å². The van der Waals surface area contributed by atoms with Crippen molar-refractivity contribution in [3.8, 4) is 11.5 Å². The molecular weight excluding hydrogens is 494 g/mol. The second kappa shape index (κ2) is 10.5. The molecule has 1 atom stereocenters. The minimum atomic E-state index is -0.931. The summed E-state index contributed by atoms with van der Waals surface area (Å²) in [4.78, 5) is 39.5. The van der Waals surface area contributed by atoms with Crippen LogP contribution >= 0.6 is 11.6 Å². The van der Waals surface area contributed by atoms with Gasteiger partial charge in [0.2, 0.25) is 0 Å². The molecule has 1 N–H and O–H groups in total. The number of aliphatic hydroxyl groups is 1. The number of halogens is 1. The first kappa shape index (κ1) is 26.0. The summed E-state index contributed by atoms with van der Waals surface area (Å²) in [5.41, 5.74) is 3.26. The highest BCUT2D eigenvalue weighted by Crippen LogP contribution is 2.43. The Morgan fingerprint density at radius 2 is 1.70 bits per heavy atom. The van der Waals surface area contributed by atoms with Crippen LogP contribution in [0.4, 0.5) is 5.69 Å². The fraction of sp³-hybridized carbons (Fsp3) is 0.207. The number of aryl methyl sites for hydroxylation is 2. The predicted octanol–water partition coefficient (Wildman–Crippen LogP) is 5.91. The van der Waals surface area contributed by atoms with Gasteiger partial charge in [-0.15, -0.1) is 0 Å². The molecular formula is C29H26ClNO6. The van der Waals surface area contributed by atoms with E-state index in [1.165, 1.54) is 17.9 Å². The summed E-state index contributed by atoms with van der Waals surface area (Å²) in [6.45, 7) is 7.33. The first-order valence-electron chi connectivity index (χ1n) is 11.7. The Morgan fingerprint density at radius 1 is 1.00 bits per heavy atom. The molecule has 1 heterocycles. The van der Waals surface area contributed by atoms with E-state index in [1.54, 1.807) is 49.4 Å². The zero-order chi connectivity index (χ0) is 26.9. The van der Waals surface area contributed by atoms with Crippen molar-refractivity contribution in [2.24, 2.45) is 0 Å². The quantitative estimate of drug-likeness (QED) is 0.143. The standard InChI is InChI=1S/C29H26ClNO6/c1-5-36-24-15-20(9-13-23(24)30)27(33)25-26(19-7-11-22(12-8-19)37-18(4)32)31(29(35)28(25)34)21-10-6-16(2)17(3)14-21/h6-15,26,33H,5H2,1-4H3/b27-25+. The summed E-state index contributed by atoms with van der Waals surface area (Å²) in [6, 6.07) is 15.7. The summed E-state index contributed by atoms with van der Waals surface area (Å²) in [7, 11) is 0. The Hall–Kier alpha value is -4.10. The lowest BCUT2D eigenvalue weighted by Gasteiger charge is -2.26. The van der Waals surface area contributed by atoms with Gasteiger partial charge < -0.3 is 14.6 Å². The normalized spacial score (nSPS) is 16.7. The fourth-order valence-electron chi connectivity index (χ4n) is 4.25. The van der Waals surface area contributed by atoms with Crippen molar-refractivity contribution in [2.45, 2.75) is 33.7 Å². The van der Waals surface area contributed by atoms with E-state index in [-0.39, 0.29) is 16.9 Å². The Kier molecular flexibility index (Phi) is 7.36. The van der Waals surface area contributed by atoms with Crippen molar-refractivity contribution < 1.29 is 29.0 Å². The molecule has 37 heavy (non-hydrogen) atoms. The van der Waals surface area contributed by atoms with E-state index in [2.05, 4.69) is 0 Å². The molecule has 1 saturated heterocycles. The first-order valence-corrected chi connectivity index (χ1v) is 12.1. The maximum Gasteiger partial charge on any atom is 0.308 e. The van der Waals surface area contributed by atoms with Crippen molar-refractivity contribution in [1.82, 2.24) is 0 Å². The Balaban J connectivity index is 1.91. The lowest BCUT2D eigenvalue weighted by atomic mass is 9.95. The van der Waals surface area contributed by atoms with Gasteiger partial charge in [0.15, 0.2) is 0 Å². The van der Waals surface area contributed by atoms with Crippen molar-refractivity contribution in [3.63, 3.8) is 0 Å². The van der Waals surface area contributed by atoms with E-state index in [1.807, 2.05) is 26.0 Å². The second-order valence-corrected chi connectivity index (χ2v) is 9.09. The van der Waals surface area contributed by atoms with Gasteiger partial charge in [0, 0.05) is 18.2 Å². The molecule has 0 spiro atoms. The molecule has 4 rings (SSSR count). The van der Waals surface area contributed by atoms with Crippen LogP contribution in [0, 0.1) is 13.8 Å². The van der Waals surface area contributed by atoms with Gasteiger partial charge in [-0.25, -0.2) is 0 Å². The Morgan fingerprint density at radius 3 is 2.32 bits per heavy atom. The third-order valence-corrected chi connectivity index (χ3v) is 6.49. The molecule has 7 nitrogen and oxygen atoms in total. The topological polar surface area (TPSA) is 93.1 Å². The molecule has 1 unspecified atom stereocenters. The number of amides is 1. The maximum atomic E-state index is 13.4. The molecule has 190 valence electrons. The molecule has 1 amide bonds. The molecule has 1 aliphatic rings. The zero-order valence-electron chi connectivity index (χ0n) is 20.9. The lowest BCUT2D eigenvalue weighted by Crippen LogP contribution is -2.29. The highest BCUT2D eigenvalue weighted by Gasteiger charge is 2.47. The van der Waals surface area contributed by atoms with Crippen LogP contribution in [0.1, 0.15) is 42.1 Å². The van der Waals surface area contributed by atoms with Crippen molar-refractivity contribution in [3.05, 3.63) is 93.5 Å². The molecule has 3 aromatic carbocycles. The molecule has 0 aliphatic carbocycles. The molecule has 8 heteroatoms. The number of Topliss-reactive ketones (excluding diaryl/α,β-unsaturated/α-hetero) is 1. The number of ether oxygens (including phenoxy) is 2. The molecule has 0 bridgehead atoms. The average molecular weight is 520 g/mol. The number of benzene rings is 3. The van der Waals surface area contributed by atoms with Crippen LogP contribution in [0.2, 0.25) is 5.02 Å². The predicted molar refractivity (Wildman–Crippen MR) is 141 cm³/mol. The largest absolute Gasteiger partial charge is 0.507 e. The first-order chi connectivity index (χ1) is 17.6. The van der Waals surface area contributed by atoms with Crippen LogP contribution in [0.25, 0.3) is 5.76 Å². The zero-order valence-corrected chi connectivity index (χ0v) is 21.6. The second-order valence-electron chi connectivity index (χ2n) is 8.68. The number of nitrogens with zero attached hydrogens (tertiary/aromatic N) is 1. The summed E-state index contributed by atoms with van der Waals surface area (Å²) in [5.74, 6) is -1.74. The molecule has 3 aromatic rings. The summed E-state index contributed by atoms with van der Waals surface area (Å²) < 4.78 is 10.7. The van der Waals surface area contributed by atoms with Crippen molar-refractivity contribution in [2.75, 3.05) is 11.5 Å². The molecule has 0 aromatic heterocycles. The highest BCUT2D eigenvalue weighted by atomic mass is 35.5. The smallest absolute Gasteiger partial charge is 0.308 e. The molecule has 0 radical (unpaired) electrons. The van der Waals surface area contributed by atoms with Gasteiger partial charge in [-0.3, -0.25) is 19.3 Å². The monoisotopic (exact) mass is 519 g/mol. The van der Waals surface area contributed by atoms with Gasteiger partial charge in [0.05, 0.1) is 23.2 Å². The van der Waals surface area contributed by atoms with Crippen LogP contribution in [-0.2, 0) is 14.4 Å². The summed E-state index contributed by atoms with van der Waals surface area (Å²) >= 11 is 6.21. The van der Waals surface area contributed by atoms with E-state index in [9.17, 15) is 19.5 Å². The lowest BCUT2D eigenvalue weighted by molar-refractivity contribution is -0.132. The van der Waals surface area contributed by atoms with Gasteiger partial charge >= 0.3 is 5.97 Å². The third-order valence-electron chi connectivity index (χ3n) is 6.17. The number of carbonyl (C=O) groups excluding carboxylic acids is 3. The van der Waals surface area contributed by atoms with Gasteiger partial charge in [-0.05, 0) is 79.9 Å². The third kappa shape index (κ3) is 5.08. The highest BCUT2D eigenvalue weighted by molar-refractivity contribution is 6.51.